The molecule has 0 aliphatic carbocycles. The van der Waals surface area contributed by atoms with Crippen LogP contribution >= 0.6 is 0 Å². The number of imidazole rings is 1. The summed E-state index contributed by atoms with van der Waals surface area (Å²) in [6.45, 7) is 7.26. The second kappa shape index (κ2) is 9.77. The maximum absolute atomic E-state index is 13.7. The van der Waals surface area contributed by atoms with E-state index in [1.807, 2.05) is 25.7 Å². The molecule has 0 radical (unpaired) electrons. The maximum atomic E-state index is 13.7. The van der Waals surface area contributed by atoms with Gasteiger partial charge in [-0.15, -0.1) is 0 Å². The number of nitrogens with zero attached hydrogens (tertiary/aromatic N) is 3. The Hall–Kier alpha value is -2.48. The molecule has 3 rings (SSSR count). The fraction of sp³-hybridized carbons (Fsp3) is 0.565. The standard InChI is InChI=1S/C23H33F2N5O/c1-23(2,3)20(21-27-15-19(28-21)16-7-6-8-17(25)13-16)30(12-9-18(26)14-24)22(31)29-10-4-5-11-29/h6-8,13,15,18,20H,4-5,9-12,14,26H2,1-3H3,(H,27,28)/t18-,20+/m1/s1. The number of nitrogens with one attached hydrogen (secondary N) is 1. The molecule has 0 saturated carbocycles. The van der Waals surface area contributed by atoms with Gasteiger partial charge in [0.2, 0.25) is 0 Å². The van der Waals surface area contributed by atoms with Crippen LogP contribution in [-0.2, 0) is 0 Å². The molecule has 2 aromatic rings. The third kappa shape index (κ3) is 5.61. The highest BCUT2D eigenvalue weighted by molar-refractivity contribution is 5.75. The lowest BCUT2D eigenvalue weighted by molar-refractivity contribution is 0.0877. The normalized spacial score (nSPS) is 16.4. The lowest BCUT2D eigenvalue weighted by atomic mass is 9.85. The van der Waals surface area contributed by atoms with Gasteiger partial charge in [-0.25, -0.2) is 18.6 Å². The lowest BCUT2D eigenvalue weighted by Crippen LogP contribution is -2.49. The molecule has 1 aromatic carbocycles. The van der Waals surface area contributed by atoms with Crippen molar-refractivity contribution >= 4 is 6.03 Å². The number of H-pyrrole nitrogens is 1. The van der Waals surface area contributed by atoms with Crippen molar-refractivity contribution in [2.75, 3.05) is 26.3 Å². The monoisotopic (exact) mass is 433 g/mol. The largest absolute Gasteiger partial charge is 0.340 e. The first-order valence-corrected chi connectivity index (χ1v) is 10.9. The van der Waals surface area contributed by atoms with Crippen molar-refractivity contribution in [2.24, 2.45) is 11.1 Å². The summed E-state index contributed by atoms with van der Waals surface area (Å²) >= 11 is 0. The molecule has 170 valence electrons. The molecule has 0 unspecified atom stereocenters. The van der Waals surface area contributed by atoms with E-state index in [0.29, 0.717) is 43.1 Å². The molecule has 2 heterocycles. The molecule has 8 heteroatoms. The highest BCUT2D eigenvalue weighted by atomic mass is 19.1. The van der Waals surface area contributed by atoms with E-state index in [9.17, 15) is 13.6 Å². The molecule has 6 nitrogen and oxygen atoms in total. The maximum Gasteiger partial charge on any atom is 0.320 e. The Morgan fingerprint density at radius 2 is 2.03 bits per heavy atom. The first-order chi connectivity index (χ1) is 14.7. The van der Waals surface area contributed by atoms with Crippen LogP contribution in [0.3, 0.4) is 0 Å². The summed E-state index contributed by atoms with van der Waals surface area (Å²) < 4.78 is 26.7. The van der Waals surface area contributed by atoms with Crippen molar-refractivity contribution in [1.82, 2.24) is 19.8 Å². The van der Waals surface area contributed by atoms with E-state index >= 15 is 0 Å². The van der Waals surface area contributed by atoms with Gasteiger partial charge in [0.1, 0.15) is 18.3 Å². The summed E-state index contributed by atoms with van der Waals surface area (Å²) in [4.78, 5) is 24.9. The molecule has 1 aliphatic heterocycles. The number of hydrogen-bond donors (Lipinski definition) is 2. The number of carbonyl (C=O) groups excluding carboxylic acids is 1. The Morgan fingerprint density at radius 1 is 1.32 bits per heavy atom. The van der Waals surface area contributed by atoms with Crippen LogP contribution in [0.5, 0.6) is 0 Å². The number of amides is 2. The molecular weight excluding hydrogens is 400 g/mol. The van der Waals surface area contributed by atoms with Gasteiger partial charge in [0.15, 0.2) is 0 Å². The van der Waals surface area contributed by atoms with Crippen LogP contribution in [0.4, 0.5) is 13.6 Å². The SMILES string of the molecule is CC(C)(C)[C@H](c1ncc(-c2cccc(F)c2)[nH]1)N(CC[C@@H](N)CF)C(=O)N1CCCC1. The second-order valence-electron chi connectivity index (χ2n) is 9.33. The third-order valence-corrected chi connectivity index (χ3v) is 5.68. The van der Waals surface area contributed by atoms with Crippen LogP contribution in [-0.4, -0.2) is 58.1 Å². The van der Waals surface area contributed by atoms with E-state index in [1.165, 1.54) is 12.1 Å². The molecule has 1 saturated heterocycles. The van der Waals surface area contributed by atoms with Crippen LogP contribution in [0, 0.1) is 11.2 Å². The number of aromatic amines is 1. The smallest absolute Gasteiger partial charge is 0.320 e. The van der Waals surface area contributed by atoms with Crippen LogP contribution in [0.15, 0.2) is 30.5 Å². The Labute approximate surface area is 182 Å². The molecular formula is C23H33F2N5O. The molecule has 1 aromatic heterocycles. The summed E-state index contributed by atoms with van der Waals surface area (Å²) in [6.07, 6.45) is 3.98. The molecule has 2 amide bonds. The summed E-state index contributed by atoms with van der Waals surface area (Å²) in [7, 11) is 0. The minimum absolute atomic E-state index is 0.0767. The van der Waals surface area contributed by atoms with Gasteiger partial charge in [-0.05, 0) is 36.8 Å². The van der Waals surface area contributed by atoms with E-state index in [-0.39, 0.29) is 23.3 Å². The minimum atomic E-state index is -0.629. The Kier molecular flexibility index (Phi) is 7.30. The highest BCUT2D eigenvalue weighted by Gasteiger charge is 2.39. The molecule has 0 spiro atoms. The van der Waals surface area contributed by atoms with E-state index < -0.39 is 12.7 Å². The molecule has 31 heavy (non-hydrogen) atoms. The van der Waals surface area contributed by atoms with Crippen LogP contribution in [0.2, 0.25) is 0 Å². The first-order valence-electron chi connectivity index (χ1n) is 10.9. The number of hydrogen-bond acceptors (Lipinski definition) is 3. The van der Waals surface area contributed by atoms with Crippen LogP contribution < -0.4 is 5.73 Å². The van der Waals surface area contributed by atoms with Crippen LogP contribution in [0.1, 0.15) is 51.9 Å². The van der Waals surface area contributed by atoms with Gasteiger partial charge in [-0.2, -0.15) is 0 Å². The molecule has 3 N–H and O–H groups in total. The van der Waals surface area contributed by atoms with Crippen molar-refractivity contribution in [3.63, 3.8) is 0 Å². The summed E-state index contributed by atoms with van der Waals surface area (Å²) in [5.74, 6) is 0.292. The minimum Gasteiger partial charge on any atom is -0.340 e. The number of likely N-dealkylation sites (tertiary alicyclic amines) is 1. The van der Waals surface area contributed by atoms with Gasteiger partial charge >= 0.3 is 6.03 Å². The van der Waals surface area contributed by atoms with Crippen molar-refractivity contribution in [2.45, 2.75) is 52.1 Å². The van der Waals surface area contributed by atoms with Gasteiger partial charge in [-0.3, -0.25) is 0 Å². The van der Waals surface area contributed by atoms with Gasteiger partial charge in [0, 0.05) is 31.2 Å². The summed E-state index contributed by atoms with van der Waals surface area (Å²) in [5, 5.41) is 0. The first kappa shape index (κ1) is 23.2. The predicted octanol–water partition coefficient (Wildman–Crippen LogP) is 4.51. The lowest BCUT2D eigenvalue weighted by Gasteiger charge is -2.41. The average molecular weight is 434 g/mol. The van der Waals surface area contributed by atoms with Crippen LogP contribution in [0.25, 0.3) is 11.3 Å². The fourth-order valence-corrected chi connectivity index (χ4v) is 4.11. The summed E-state index contributed by atoms with van der Waals surface area (Å²) in [6, 6.07) is 5.21. The van der Waals surface area contributed by atoms with Crippen molar-refractivity contribution in [3.05, 3.63) is 42.1 Å². The Balaban J connectivity index is 1.96. The van der Waals surface area contributed by atoms with E-state index in [2.05, 4.69) is 9.97 Å². The number of aromatic nitrogens is 2. The molecule has 1 fully saturated rings. The molecule has 1 aliphatic rings. The van der Waals surface area contributed by atoms with E-state index in [4.69, 9.17) is 5.73 Å². The van der Waals surface area contributed by atoms with E-state index in [0.717, 1.165) is 12.8 Å². The quantitative estimate of drug-likeness (QED) is 0.674. The number of rotatable bonds is 7. The van der Waals surface area contributed by atoms with Crippen molar-refractivity contribution in [1.29, 1.82) is 0 Å². The zero-order valence-corrected chi connectivity index (χ0v) is 18.6. The van der Waals surface area contributed by atoms with Gasteiger partial charge in [0.05, 0.1) is 17.9 Å². The van der Waals surface area contributed by atoms with Gasteiger partial charge in [0.25, 0.3) is 0 Å². The third-order valence-electron chi connectivity index (χ3n) is 5.68. The van der Waals surface area contributed by atoms with Crippen molar-refractivity contribution < 1.29 is 13.6 Å². The number of alkyl halides is 1. The number of urea groups is 1. The highest BCUT2D eigenvalue weighted by Crippen LogP contribution is 2.38. The van der Waals surface area contributed by atoms with Gasteiger partial charge in [-0.1, -0.05) is 32.9 Å². The molecule has 2 atom stereocenters. The number of nitrogens with two attached hydrogens (primary N) is 1. The second-order valence-corrected chi connectivity index (χ2v) is 9.33. The molecule has 0 bridgehead atoms. The fourth-order valence-electron chi connectivity index (χ4n) is 4.11. The predicted molar refractivity (Wildman–Crippen MR) is 118 cm³/mol. The number of carbonyl (C=O) groups is 1. The zero-order valence-electron chi connectivity index (χ0n) is 18.6. The van der Waals surface area contributed by atoms with Crippen molar-refractivity contribution in [3.8, 4) is 11.3 Å². The Bertz CT molecular complexity index is 873. The number of halogens is 2. The summed E-state index contributed by atoms with van der Waals surface area (Å²) in [5.41, 5.74) is 6.84. The zero-order chi connectivity index (χ0) is 22.6. The topological polar surface area (TPSA) is 78.2 Å². The number of benzene rings is 1. The van der Waals surface area contributed by atoms with Gasteiger partial charge < -0.3 is 20.5 Å². The average Bonchev–Trinajstić information content (AvgIpc) is 3.41. The Morgan fingerprint density at radius 3 is 2.65 bits per heavy atom. The van der Waals surface area contributed by atoms with E-state index in [1.54, 1.807) is 23.2 Å².